The predicted molar refractivity (Wildman–Crippen MR) is 81.1 cm³/mol. The first-order valence-corrected chi connectivity index (χ1v) is 6.81. The smallest absolute Gasteiger partial charge is 0.255 e. The highest BCUT2D eigenvalue weighted by Gasteiger charge is 2.08. The van der Waals surface area contributed by atoms with Crippen LogP contribution in [0.25, 0.3) is 0 Å². The van der Waals surface area contributed by atoms with Crippen molar-refractivity contribution in [2.75, 3.05) is 12.4 Å². The molecule has 4 heteroatoms. The number of amides is 1. The average molecular weight is 290 g/mol. The van der Waals surface area contributed by atoms with Crippen LogP contribution in [0.2, 0.25) is 0 Å². The van der Waals surface area contributed by atoms with Gasteiger partial charge in [0, 0.05) is 29.8 Å². The molecule has 0 fully saturated rings. The Morgan fingerprint density at radius 3 is 2.50 bits per heavy atom. The van der Waals surface area contributed by atoms with Crippen LogP contribution in [0.3, 0.4) is 0 Å². The van der Waals surface area contributed by atoms with E-state index in [1.807, 2.05) is 36.4 Å². The Balaban J connectivity index is 2.14. The fourth-order valence-corrected chi connectivity index (χ4v) is 2.04. The topological polar surface area (TPSA) is 38.3 Å². The summed E-state index contributed by atoms with van der Waals surface area (Å²) in [5.41, 5.74) is 3.30. The van der Waals surface area contributed by atoms with Gasteiger partial charge in [0.25, 0.3) is 5.91 Å². The summed E-state index contributed by atoms with van der Waals surface area (Å²) in [6.45, 7) is 0.460. The molecule has 3 nitrogen and oxygen atoms in total. The van der Waals surface area contributed by atoms with Crippen LogP contribution in [0.4, 0.5) is 5.69 Å². The van der Waals surface area contributed by atoms with Crippen molar-refractivity contribution in [1.82, 2.24) is 0 Å². The Morgan fingerprint density at radius 2 is 1.85 bits per heavy atom. The number of hydrogen-bond acceptors (Lipinski definition) is 2. The summed E-state index contributed by atoms with van der Waals surface area (Å²) in [7, 11) is 1.63. The van der Waals surface area contributed by atoms with E-state index in [1.165, 1.54) is 0 Å². The van der Waals surface area contributed by atoms with Crippen LogP contribution in [0, 0.1) is 0 Å². The third kappa shape index (κ3) is 3.59. The summed E-state index contributed by atoms with van der Waals surface area (Å²) in [5.74, 6) is 0.299. The number of anilines is 1. The van der Waals surface area contributed by atoms with Crippen molar-refractivity contribution in [3.05, 3.63) is 65.2 Å². The van der Waals surface area contributed by atoms with E-state index in [0.717, 1.165) is 16.8 Å². The van der Waals surface area contributed by atoms with Crippen molar-refractivity contribution in [3.8, 4) is 0 Å². The minimum Gasteiger partial charge on any atom is -0.380 e. The molecule has 0 aliphatic heterocycles. The average Bonchev–Trinajstić information content (AvgIpc) is 2.49. The van der Waals surface area contributed by atoms with Gasteiger partial charge in [0.05, 0.1) is 6.61 Å². The maximum absolute atomic E-state index is 12.2. The van der Waals surface area contributed by atoms with Gasteiger partial charge in [0.1, 0.15) is 0 Å². The Hall–Kier alpha value is -1.84. The Bertz CT molecular complexity index is 581. The number of halogens is 1. The number of carbonyl (C=O) groups excluding carboxylic acids is 1. The van der Waals surface area contributed by atoms with E-state index < -0.39 is 0 Å². The van der Waals surface area contributed by atoms with Crippen molar-refractivity contribution in [1.29, 1.82) is 0 Å². The van der Waals surface area contributed by atoms with Crippen LogP contribution in [0.1, 0.15) is 21.5 Å². The summed E-state index contributed by atoms with van der Waals surface area (Å²) in [6.07, 6.45) is 0. The van der Waals surface area contributed by atoms with Crippen LogP contribution in [0.5, 0.6) is 0 Å². The molecule has 0 heterocycles. The van der Waals surface area contributed by atoms with Gasteiger partial charge in [-0.25, -0.2) is 0 Å². The van der Waals surface area contributed by atoms with Crippen molar-refractivity contribution in [3.63, 3.8) is 0 Å². The zero-order valence-corrected chi connectivity index (χ0v) is 12.0. The zero-order chi connectivity index (χ0) is 14.4. The largest absolute Gasteiger partial charge is 0.380 e. The molecule has 0 spiro atoms. The van der Waals surface area contributed by atoms with E-state index in [9.17, 15) is 4.79 Å². The van der Waals surface area contributed by atoms with E-state index in [2.05, 4.69) is 5.32 Å². The van der Waals surface area contributed by atoms with Crippen LogP contribution in [0.15, 0.2) is 48.5 Å². The fourth-order valence-electron chi connectivity index (χ4n) is 1.86. The quantitative estimate of drug-likeness (QED) is 0.850. The van der Waals surface area contributed by atoms with E-state index in [-0.39, 0.29) is 5.91 Å². The lowest BCUT2D eigenvalue weighted by Crippen LogP contribution is -2.13. The Morgan fingerprint density at radius 1 is 1.15 bits per heavy atom. The van der Waals surface area contributed by atoms with E-state index in [0.29, 0.717) is 18.1 Å². The second-order valence-corrected chi connectivity index (χ2v) is 4.64. The molecule has 0 unspecified atom stereocenters. The number of rotatable bonds is 5. The second kappa shape index (κ2) is 7.08. The van der Waals surface area contributed by atoms with Gasteiger partial charge in [-0.05, 0) is 23.8 Å². The lowest BCUT2D eigenvalue weighted by atomic mass is 10.1. The molecule has 2 aromatic carbocycles. The number of carbonyl (C=O) groups is 1. The highest BCUT2D eigenvalue weighted by atomic mass is 35.5. The summed E-state index contributed by atoms with van der Waals surface area (Å²) in [5, 5.41) is 2.90. The van der Waals surface area contributed by atoms with Crippen LogP contribution >= 0.6 is 11.6 Å². The lowest BCUT2D eigenvalue weighted by Gasteiger charge is -2.10. The highest BCUT2D eigenvalue weighted by Crippen LogP contribution is 2.17. The molecule has 1 N–H and O–H groups in total. The minimum absolute atomic E-state index is 0.144. The van der Waals surface area contributed by atoms with E-state index in [1.54, 1.807) is 19.2 Å². The van der Waals surface area contributed by atoms with Gasteiger partial charge in [-0.15, -0.1) is 11.6 Å². The molecule has 0 saturated carbocycles. The van der Waals surface area contributed by atoms with Gasteiger partial charge >= 0.3 is 0 Å². The first-order valence-electron chi connectivity index (χ1n) is 6.27. The van der Waals surface area contributed by atoms with Crippen LogP contribution in [-0.4, -0.2) is 13.0 Å². The number of ether oxygens (including phenoxy) is 1. The summed E-state index contributed by atoms with van der Waals surface area (Å²) < 4.78 is 5.12. The monoisotopic (exact) mass is 289 g/mol. The number of benzene rings is 2. The van der Waals surface area contributed by atoms with Gasteiger partial charge in [0.2, 0.25) is 0 Å². The molecule has 0 saturated heterocycles. The summed E-state index contributed by atoms with van der Waals surface area (Å²) in [4.78, 5) is 12.2. The van der Waals surface area contributed by atoms with Crippen molar-refractivity contribution in [2.24, 2.45) is 0 Å². The molecule has 1 amide bonds. The van der Waals surface area contributed by atoms with Crippen LogP contribution in [-0.2, 0) is 17.2 Å². The second-order valence-electron chi connectivity index (χ2n) is 4.37. The SMILES string of the molecule is COCc1ccccc1NC(=O)c1ccc(CCl)cc1. The fraction of sp³-hybridized carbons (Fsp3) is 0.188. The van der Waals surface area contributed by atoms with Gasteiger partial charge in [-0.2, -0.15) is 0 Å². The highest BCUT2D eigenvalue weighted by molar-refractivity contribution is 6.17. The first-order chi connectivity index (χ1) is 9.74. The van der Waals surface area contributed by atoms with Gasteiger partial charge < -0.3 is 10.1 Å². The standard InChI is InChI=1S/C16H16ClNO2/c1-20-11-14-4-2-3-5-15(14)18-16(19)13-8-6-12(10-17)7-9-13/h2-9H,10-11H2,1H3,(H,18,19). The predicted octanol–water partition coefficient (Wildman–Crippen LogP) is 3.82. The molecule has 0 bridgehead atoms. The molecule has 104 valence electrons. The molecule has 2 aromatic rings. The minimum atomic E-state index is -0.144. The van der Waals surface area contributed by atoms with E-state index >= 15 is 0 Å². The third-order valence-electron chi connectivity index (χ3n) is 2.94. The number of alkyl halides is 1. The zero-order valence-electron chi connectivity index (χ0n) is 11.2. The first kappa shape index (κ1) is 14.6. The normalized spacial score (nSPS) is 10.3. The van der Waals surface area contributed by atoms with Gasteiger partial charge in [0.15, 0.2) is 0 Å². The third-order valence-corrected chi connectivity index (χ3v) is 3.24. The number of methoxy groups -OCH3 is 1. The molecule has 0 radical (unpaired) electrons. The number of hydrogen-bond donors (Lipinski definition) is 1. The summed E-state index contributed by atoms with van der Waals surface area (Å²) >= 11 is 5.73. The van der Waals surface area contributed by atoms with E-state index in [4.69, 9.17) is 16.3 Å². The Kier molecular flexibility index (Phi) is 5.16. The number of para-hydroxylation sites is 1. The molecule has 0 aliphatic rings. The van der Waals surface area contributed by atoms with Crippen molar-refractivity contribution in [2.45, 2.75) is 12.5 Å². The molecule has 20 heavy (non-hydrogen) atoms. The summed E-state index contributed by atoms with van der Waals surface area (Å²) in [6, 6.07) is 14.8. The van der Waals surface area contributed by atoms with Crippen molar-refractivity contribution >= 4 is 23.2 Å². The molecule has 0 aromatic heterocycles. The van der Waals surface area contributed by atoms with Crippen LogP contribution < -0.4 is 5.32 Å². The molecule has 0 aliphatic carbocycles. The maximum Gasteiger partial charge on any atom is 0.255 e. The van der Waals surface area contributed by atoms with Gasteiger partial charge in [-0.3, -0.25) is 4.79 Å². The Labute approximate surface area is 123 Å². The van der Waals surface area contributed by atoms with Crippen molar-refractivity contribution < 1.29 is 9.53 Å². The molecular weight excluding hydrogens is 274 g/mol. The van der Waals surface area contributed by atoms with Gasteiger partial charge in [-0.1, -0.05) is 30.3 Å². The number of nitrogens with one attached hydrogen (secondary N) is 1. The lowest BCUT2D eigenvalue weighted by molar-refractivity contribution is 0.102. The molecule has 2 rings (SSSR count). The maximum atomic E-state index is 12.2. The molecular formula is C16H16ClNO2. The molecule has 0 atom stereocenters.